The lowest BCUT2D eigenvalue weighted by atomic mass is 10.1. The Hall–Kier alpha value is -1.68. The minimum Gasteiger partial charge on any atom is -0.335 e. The van der Waals surface area contributed by atoms with Crippen LogP contribution in [0.15, 0.2) is 40.9 Å². The molecule has 2 aliphatic carbocycles. The van der Waals surface area contributed by atoms with Crippen LogP contribution in [0.2, 0.25) is 0 Å². The molecule has 2 fully saturated rings. The molecule has 4 heteroatoms. The van der Waals surface area contributed by atoms with Gasteiger partial charge in [-0.3, -0.25) is 9.78 Å². The van der Waals surface area contributed by atoms with Gasteiger partial charge in [0, 0.05) is 22.6 Å². The molecule has 3 nitrogen and oxygen atoms in total. The average molecular weight is 385 g/mol. The first-order valence-electron chi connectivity index (χ1n) is 8.66. The lowest BCUT2D eigenvalue weighted by Crippen LogP contribution is -2.35. The summed E-state index contributed by atoms with van der Waals surface area (Å²) in [6.07, 6.45) is 4.85. The van der Waals surface area contributed by atoms with Crippen LogP contribution in [-0.4, -0.2) is 28.4 Å². The van der Waals surface area contributed by atoms with Gasteiger partial charge in [0.2, 0.25) is 0 Å². The molecule has 0 radical (unpaired) electrons. The predicted molar refractivity (Wildman–Crippen MR) is 98.9 cm³/mol. The molecule has 1 heterocycles. The molecule has 2 aromatic rings. The fourth-order valence-electron chi connectivity index (χ4n) is 3.11. The van der Waals surface area contributed by atoms with E-state index in [2.05, 4.69) is 20.8 Å². The van der Waals surface area contributed by atoms with E-state index in [1.807, 2.05) is 43.3 Å². The van der Waals surface area contributed by atoms with E-state index in [-0.39, 0.29) is 5.91 Å². The summed E-state index contributed by atoms with van der Waals surface area (Å²) in [5.41, 5.74) is 3.54. The van der Waals surface area contributed by atoms with Crippen LogP contribution in [0.25, 0.3) is 11.3 Å². The van der Waals surface area contributed by atoms with Crippen LogP contribution in [0.5, 0.6) is 0 Å². The highest BCUT2D eigenvalue weighted by Gasteiger charge is 2.37. The van der Waals surface area contributed by atoms with E-state index >= 15 is 0 Å². The molecule has 0 N–H and O–H groups in total. The maximum absolute atomic E-state index is 13.0. The van der Waals surface area contributed by atoms with Gasteiger partial charge >= 0.3 is 0 Å². The average Bonchev–Trinajstić information content (AvgIpc) is 3.46. The van der Waals surface area contributed by atoms with Gasteiger partial charge in [-0.25, -0.2) is 0 Å². The van der Waals surface area contributed by atoms with E-state index in [0.29, 0.717) is 6.04 Å². The molecular formula is C20H21BrN2O. The van der Waals surface area contributed by atoms with Gasteiger partial charge < -0.3 is 4.90 Å². The zero-order valence-electron chi connectivity index (χ0n) is 13.8. The number of hydrogen-bond donors (Lipinski definition) is 0. The van der Waals surface area contributed by atoms with Crippen molar-refractivity contribution in [1.29, 1.82) is 0 Å². The third kappa shape index (κ3) is 3.39. The van der Waals surface area contributed by atoms with E-state index in [1.165, 1.54) is 12.8 Å². The Labute approximate surface area is 151 Å². The van der Waals surface area contributed by atoms with Crippen molar-refractivity contribution in [2.45, 2.75) is 38.6 Å². The van der Waals surface area contributed by atoms with Crippen molar-refractivity contribution in [3.63, 3.8) is 0 Å². The standard InChI is InChI=1S/C20H21BrN2O/c1-13-18(20(24)23(17-7-8-17)12-14-5-6-14)9-10-19(22-13)15-3-2-4-16(21)11-15/h2-4,9-11,14,17H,5-8,12H2,1H3. The highest BCUT2D eigenvalue weighted by Crippen LogP contribution is 2.36. The largest absolute Gasteiger partial charge is 0.335 e. The monoisotopic (exact) mass is 384 g/mol. The first-order chi connectivity index (χ1) is 11.6. The quantitative estimate of drug-likeness (QED) is 0.738. The second kappa shape index (κ2) is 6.32. The molecule has 0 spiro atoms. The highest BCUT2D eigenvalue weighted by molar-refractivity contribution is 9.10. The summed E-state index contributed by atoms with van der Waals surface area (Å²) < 4.78 is 1.03. The Kier molecular flexibility index (Phi) is 4.17. The van der Waals surface area contributed by atoms with Gasteiger partial charge in [0.05, 0.1) is 17.0 Å². The number of aromatic nitrogens is 1. The fourth-order valence-corrected chi connectivity index (χ4v) is 3.51. The molecule has 0 bridgehead atoms. The van der Waals surface area contributed by atoms with Gasteiger partial charge in [0.15, 0.2) is 0 Å². The number of carbonyl (C=O) groups excluding carboxylic acids is 1. The smallest absolute Gasteiger partial charge is 0.255 e. The first-order valence-corrected chi connectivity index (χ1v) is 9.45. The zero-order chi connectivity index (χ0) is 16.7. The zero-order valence-corrected chi connectivity index (χ0v) is 15.4. The van der Waals surface area contributed by atoms with E-state index in [0.717, 1.165) is 52.3 Å². The number of carbonyl (C=O) groups is 1. The van der Waals surface area contributed by atoms with Crippen molar-refractivity contribution in [3.8, 4) is 11.3 Å². The molecule has 0 unspecified atom stereocenters. The molecule has 124 valence electrons. The van der Waals surface area contributed by atoms with Gasteiger partial charge in [-0.15, -0.1) is 0 Å². The van der Waals surface area contributed by atoms with Gasteiger partial charge in [-0.2, -0.15) is 0 Å². The molecule has 0 saturated heterocycles. The first kappa shape index (κ1) is 15.8. The molecule has 2 saturated carbocycles. The lowest BCUT2D eigenvalue weighted by molar-refractivity contribution is 0.0733. The summed E-state index contributed by atoms with van der Waals surface area (Å²) in [6, 6.07) is 12.5. The van der Waals surface area contributed by atoms with Crippen LogP contribution < -0.4 is 0 Å². The summed E-state index contributed by atoms with van der Waals surface area (Å²) >= 11 is 3.50. The number of aryl methyl sites for hydroxylation is 1. The van der Waals surface area contributed by atoms with Crippen LogP contribution >= 0.6 is 15.9 Å². The number of benzene rings is 1. The van der Waals surface area contributed by atoms with Crippen LogP contribution in [0.1, 0.15) is 41.7 Å². The Morgan fingerprint density at radius 2 is 2.00 bits per heavy atom. The van der Waals surface area contributed by atoms with Crippen molar-refractivity contribution in [2.24, 2.45) is 5.92 Å². The Balaban J connectivity index is 1.60. The predicted octanol–water partition coefficient (Wildman–Crippen LogP) is 4.83. The third-order valence-electron chi connectivity index (χ3n) is 4.84. The minimum absolute atomic E-state index is 0.162. The minimum atomic E-state index is 0.162. The Morgan fingerprint density at radius 1 is 1.21 bits per heavy atom. The van der Waals surface area contributed by atoms with Crippen molar-refractivity contribution in [3.05, 3.63) is 52.1 Å². The van der Waals surface area contributed by atoms with Crippen LogP contribution in [0.4, 0.5) is 0 Å². The van der Waals surface area contributed by atoms with Crippen molar-refractivity contribution >= 4 is 21.8 Å². The van der Waals surface area contributed by atoms with Gasteiger partial charge in [-0.05, 0) is 62.8 Å². The fraction of sp³-hybridized carbons (Fsp3) is 0.400. The molecule has 24 heavy (non-hydrogen) atoms. The summed E-state index contributed by atoms with van der Waals surface area (Å²) in [4.78, 5) is 19.8. The summed E-state index contributed by atoms with van der Waals surface area (Å²) in [5.74, 6) is 0.888. The maximum Gasteiger partial charge on any atom is 0.255 e. The van der Waals surface area contributed by atoms with Crippen LogP contribution in [0, 0.1) is 12.8 Å². The highest BCUT2D eigenvalue weighted by atomic mass is 79.9. The van der Waals surface area contributed by atoms with E-state index < -0.39 is 0 Å². The Morgan fingerprint density at radius 3 is 2.62 bits per heavy atom. The van der Waals surface area contributed by atoms with Crippen LogP contribution in [0.3, 0.4) is 0 Å². The molecule has 1 aromatic heterocycles. The third-order valence-corrected chi connectivity index (χ3v) is 5.33. The molecule has 1 aromatic carbocycles. The number of pyridine rings is 1. The summed E-state index contributed by atoms with van der Waals surface area (Å²) in [7, 11) is 0. The number of nitrogens with zero attached hydrogens (tertiary/aromatic N) is 2. The van der Waals surface area contributed by atoms with Gasteiger partial charge in [0.25, 0.3) is 5.91 Å². The van der Waals surface area contributed by atoms with Gasteiger partial charge in [0.1, 0.15) is 0 Å². The van der Waals surface area contributed by atoms with E-state index in [9.17, 15) is 4.79 Å². The van der Waals surface area contributed by atoms with Gasteiger partial charge in [-0.1, -0.05) is 28.1 Å². The molecule has 2 aliphatic rings. The van der Waals surface area contributed by atoms with E-state index in [4.69, 9.17) is 4.98 Å². The molecule has 0 atom stereocenters. The molecule has 4 rings (SSSR count). The van der Waals surface area contributed by atoms with Crippen molar-refractivity contribution in [1.82, 2.24) is 9.88 Å². The van der Waals surface area contributed by atoms with Crippen molar-refractivity contribution < 1.29 is 4.79 Å². The lowest BCUT2D eigenvalue weighted by Gasteiger charge is -2.23. The van der Waals surface area contributed by atoms with Crippen molar-refractivity contribution in [2.75, 3.05) is 6.54 Å². The molecule has 1 amide bonds. The number of amides is 1. The number of halogens is 1. The van der Waals surface area contributed by atoms with Crippen LogP contribution in [-0.2, 0) is 0 Å². The normalized spacial score (nSPS) is 16.9. The summed E-state index contributed by atoms with van der Waals surface area (Å²) in [5, 5.41) is 0. The topological polar surface area (TPSA) is 33.2 Å². The second-order valence-corrected chi connectivity index (χ2v) is 7.89. The number of rotatable bonds is 5. The molecule has 0 aliphatic heterocycles. The second-order valence-electron chi connectivity index (χ2n) is 6.97. The maximum atomic E-state index is 13.0. The summed E-state index contributed by atoms with van der Waals surface area (Å²) in [6.45, 7) is 2.87. The molecular weight excluding hydrogens is 364 g/mol. The number of hydrogen-bond acceptors (Lipinski definition) is 2. The van der Waals surface area contributed by atoms with E-state index in [1.54, 1.807) is 0 Å². The SMILES string of the molecule is Cc1nc(-c2cccc(Br)c2)ccc1C(=O)N(CC1CC1)C1CC1. The Bertz CT molecular complexity index is 781.